The van der Waals surface area contributed by atoms with Gasteiger partial charge >= 0.3 is 6.18 Å². The first-order valence-corrected chi connectivity index (χ1v) is 8.57. The van der Waals surface area contributed by atoms with Crippen LogP contribution in [0.1, 0.15) is 49.0 Å². The van der Waals surface area contributed by atoms with Gasteiger partial charge < -0.3 is 9.80 Å². The third kappa shape index (κ3) is 4.74. The van der Waals surface area contributed by atoms with Gasteiger partial charge in [0.2, 0.25) is 5.91 Å². The topological polar surface area (TPSA) is 40.6 Å². The first kappa shape index (κ1) is 20.2. The lowest BCUT2D eigenvalue weighted by Gasteiger charge is -2.41. The van der Waals surface area contributed by atoms with Crippen molar-refractivity contribution in [3.8, 4) is 0 Å². The summed E-state index contributed by atoms with van der Waals surface area (Å²) in [6.45, 7) is 4.29. The molecule has 0 radical (unpaired) electrons. The number of unbranched alkanes of at least 4 members (excludes halogenated alkanes) is 1. The van der Waals surface area contributed by atoms with Crippen LogP contribution < -0.4 is 0 Å². The average molecular weight is 374 g/mol. The zero-order valence-corrected chi connectivity index (χ0v) is 14.8. The number of benzene rings is 1. The first-order valence-electron chi connectivity index (χ1n) is 8.57. The molecule has 1 fully saturated rings. The van der Waals surface area contributed by atoms with Gasteiger partial charge in [0.1, 0.15) is 5.82 Å². The monoisotopic (exact) mass is 374 g/mol. The van der Waals surface area contributed by atoms with Gasteiger partial charge in [0.15, 0.2) is 0 Å². The molecular weight excluding hydrogens is 352 g/mol. The lowest BCUT2D eigenvalue weighted by molar-refractivity contribution is -0.137. The Morgan fingerprint density at radius 3 is 2.46 bits per heavy atom. The number of nitrogens with zero attached hydrogens (tertiary/aromatic N) is 2. The van der Waals surface area contributed by atoms with Crippen LogP contribution in [0.5, 0.6) is 0 Å². The maximum Gasteiger partial charge on any atom is 0.416 e. The van der Waals surface area contributed by atoms with Crippen LogP contribution >= 0.6 is 0 Å². The average Bonchev–Trinajstić information content (AvgIpc) is 2.57. The Morgan fingerprint density at radius 1 is 1.19 bits per heavy atom. The number of amides is 2. The molecule has 26 heavy (non-hydrogen) atoms. The number of rotatable bonds is 4. The molecule has 0 unspecified atom stereocenters. The summed E-state index contributed by atoms with van der Waals surface area (Å²) in [5.41, 5.74) is -1.51. The van der Waals surface area contributed by atoms with E-state index in [0.29, 0.717) is 31.6 Å². The highest BCUT2D eigenvalue weighted by Crippen LogP contribution is 2.31. The summed E-state index contributed by atoms with van der Waals surface area (Å²) >= 11 is 0. The van der Waals surface area contributed by atoms with Crippen LogP contribution in [0.3, 0.4) is 0 Å². The summed E-state index contributed by atoms with van der Waals surface area (Å²) in [7, 11) is 0. The van der Waals surface area contributed by atoms with Crippen LogP contribution in [0.15, 0.2) is 18.2 Å². The number of alkyl halides is 3. The van der Waals surface area contributed by atoms with Gasteiger partial charge in [-0.05, 0) is 24.6 Å². The van der Waals surface area contributed by atoms with E-state index in [0.717, 1.165) is 18.9 Å². The van der Waals surface area contributed by atoms with E-state index >= 15 is 0 Å². The summed E-state index contributed by atoms with van der Waals surface area (Å²) in [6.07, 6.45) is -2.40. The van der Waals surface area contributed by atoms with Crippen molar-refractivity contribution < 1.29 is 27.2 Å². The van der Waals surface area contributed by atoms with Gasteiger partial charge in [-0.2, -0.15) is 13.2 Å². The van der Waals surface area contributed by atoms with Crippen LogP contribution in [-0.4, -0.2) is 47.3 Å². The molecular formula is C18H22F4N2O2. The second-order valence-electron chi connectivity index (χ2n) is 6.49. The maximum absolute atomic E-state index is 13.6. The Morgan fingerprint density at radius 2 is 1.88 bits per heavy atom. The zero-order chi connectivity index (χ0) is 19.5. The Labute approximate surface area is 149 Å². The Balaban J connectivity index is 2.28. The minimum Gasteiger partial charge on any atom is -0.339 e. The highest BCUT2D eigenvalue weighted by atomic mass is 19.4. The second-order valence-corrected chi connectivity index (χ2v) is 6.49. The van der Waals surface area contributed by atoms with Crippen molar-refractivity contribution in [2.24, 2.45) is 0 Å². The van der Waals surface area contributed by atoms with Crippen molar-refractivity contribution in [1.82, 2.24) is 9.80 Å². The predicted molar refractivity (Wildman–Crippen MR) is 88.0 cm³/mol. The molecule has 0 spiro atoms. The molecule has 1 aromatic rings. The molecule has 8 heteroatoms. The van der Waals surface area contributed by atoms with Gasteiger partial charge in [0.25, 0.3) is 5.91 Å². The Kier molecular flexibility index (Phi) is 6.26. The smallest absolute Gasteiger partial charge is 0.339 e. The van der Waals surface area contributed by atoms with Crippen LogP contribution in [0.25, 0.3) is 0 Å². The summed E-state index contributed by atoms with van der Waals surface area (Å²) in [5, 5.41) is 0. The third-order valence-electron chi connectivity index (χ3n) is 4.55. The molecule has 0 aromatic heterocycles. The molecule has 2 rings (SSSR count). The summed E-state index contributed by atoms with van der Waals surface area (Å²) in [6, 6.07) is 1.59. The van der Waals surface area contributed by atoms with E-state index in [-0.39, 0.29) is 24.1 Å². The molecule has 1 aliphatic heterocycles. The van der Waals surface area contributed by atoms with E-state index < -0.39 is 23.5 Å². The number of hydrogen-bond acceptors (Lipinski definition) is 2. The Hall–Kier alpha value is -2.12. The fraction of sp³-hybridized carbons (Fsp3) is 0.556. The molecule has 1 saturated heterocycles. The molecule has 0 N–H and O–H groups in total. The maximum atomic E-state index is 13.6. The molecule has 1 aromatic carbocycles. The molecule has 0 bridgehead atoms. The largest absolute Gasteiger partial charge is 0.416 e. The minimum absolute atomic E-state index is 0.108. The minimum atomic E-state index is -4.73. The summed E-state index contributed by atoms with van der Waals surface area (Å²) in [4.78, 5) is 27.5. The van der Waals surface area contributed by atoms with Crippen molar-refractivity contribution in [1.29, 1.82) is 0 Å². The van der Waals surface area contributed by atoms with Gasteiger partial charge in [-0.1, -0.05) is 19.8 Å². The van der Waals surface area contributed by atoms with Gasteiger partial charge in [-0.15, -0.1) is 0 Å². The van der Waals surface area contributed by atoms with Crippen molar-refractivity contribution in [3.05, 3.63) is 35.1 Å². The lowest BCUT2D eigenvalue weighted by atomic mass is 10.0. The predicted octanol–water partition coefficient (Wildman–Crippen LogP) is 3.71. The number of carbonyl (C=O) groups is 2. The zero-order valence-electron chi connectivity index (χ0n) is 14.8. The SMILES string of the molecule is CCCC[C@H]1CN(C(C)=O)CCN1C(=O)c1cc(F)cc(C(F)(F)F)c1. The fourth-order valence-electron chi connectivity index (χ4n) is 3.14. The third-order valence-corrected chi connectivity index (χ3v) is 4.55. The quantitative estimate of drug-likeness (QED) is 0.754. The van der Waals surface area contributed by atoms with Crippen molar-refractivity contribution in [3.63, 3.8) is 0 Å². The van der Waals surface area contributed by atoms with Crippen molar-refractivity contribution in [2.45, 2.75) is 45.3 Å². The van der Waals surface area contributed by atoms with E-state index in [4.69, 9.17) is 0 Å². The summed E-state index contributed by atoms with van der Waals surface area (Å²) in [5.74, 6) is -1.85. The number of piperazine rings is 1. The number of halogens is 4. The highest BCUT2D eigenvalue weighted by molar-refractivity contribution is 5.95. The van der Waals surface area contributed by atoms with Crippen LogP contribution in [-0.2, 0) is 11.0 Å². The molecule has 0 saturated carbocycles. The van der Waals surface area contributed by atoms with E-state index in [1.165, 1.54) is 11.8 Å². The summed E-state index contributed by atoms with van der Waals surface area (Å²) < 4.78 is 52.3. The van der Waals surface area contributed by atoms with E-state index in [2.05, 4.69) is 0 Å². The normalized spacial score (nSPS) is 18.2. The van der Waals surface area contributed by atoms with Crippen LogP contribution in [0, 0.1) is 5.82 Å². The molecule has 0 aliphatic carbocycles. The van der Waals surface area contributed by atoms with E-state index in [1.807, 2.05) is 6.92 Å². The van der Waals surface area contributed by atoms with Crippen LogP contribution in [0.2, 0.25) is 0 Å². The van der Waals surface area contributed by atoms with Crippen LogP contribution in [0.4, 0.5) is 17.6 Å². The first-order chi connectivity index (χ1) is 12.1. The molecule has 1 heterocycles. The van der Waals surface area contributed by atoms with Gasteiger partial charge in [-0.3, -0.25) is 9.59 Å². The number of hydrogen-bond donors (Lipinski definition) is 0. The number of carbonyl (C=O) groups excluding carboxylic acids is 2. The molecule has 1 aliphatic rings. The molecule has 2 amide bonds. The van der Waals surface area contributed by atoms with Gasteiger partial charge in [0, 0.05) is 38.2 Å². The molecule has 144 valence electrons. The Bertz CT molecular complexity index is 676. The van der Waals surface area contributed by atoms with Crippen molar-refractivity contribution >= 4 is 11.8 Å². The standard InChI is InChI=1S/C18H22F4N2O2/c1-3-4-5-16-11-23(12(2)25)6-7-24(16)17(26)13-8-14(18(20,21)22)10-15(19)9-13/h8-10,16H,3-7,11H2,1-2H3/t16-/m0/s1. The highest BCUT2D eigenvalue weighted by Gasteiger charge is 2.35. The molecule has 4 nitrogen and oxygen atoms in total. The van der Waals surface area contributed by atoms with E-state index in [9.17, 15) is 27.2 Å². The van der Waals surface area contributed by atoms with E-state index in [1.54, 1.807) is 4.90 Å². The fourth-order valence-corrected chi connectivity index (χ4v) is 3.14. The molecule has 1 atom stereocenters. The lowest BCUT2D eigenvalue weighted by Crippen LogP contribution is -2.56. The van der Waals surface area contributed by atoms with Gasteiger partial charge in [-0.25, -0.2) is 4.39 Å². The second kappa shape index (κ2) is 8.05. The van der Waals surface area contributed by atoms with Crippen molar-refractivity contribution in [2.75, 3.05) is 19.6 Å². The van der Waals surface area contributed by atoms with Gasteiger partial charge in [0.05, 0.1) is 5.56 Å².